The Hall–Kier alpha value is -2.63. The largest absolute Gasteiger partial charge is 0.465 e. The van der Waals surface area contributed by atoms with Gasteiger partial charge in [0, 0.05) is 5.56 Å². The average molecular weight is 322 g/mol. The molecule has 0 amide bonds. The molecule has 0 atom stereocenters. The Balaban J connectivity index is 2.54. The number of ether oxygens (including phenoxy) is 1. The minimum Gasteiger partial charge on any atom is -0.465 e. The Kier molecular flexibility index (Phi) is 4.54. The van der Waals surface area contributed by atoms with E-state index < -0.39 is 17.7 Å². The van der Waals surface area contributed by atoms with Gasteiger partial charge in [0.2, 0.25) is 0 Å². The summed E-state index contributed by atoms with van der Waals surface area (Å²) in [6.45, 7) is 1.36. The zero-order valence-electron chi connectivity index (χ0n) is 12.4. The molecule has 0 heterocycles. The maximum atomic E-state index is 12.6. The second kappa shape index (κ2) is 6.24. The maximum Gasteiger partial charge on any atom is 0.416 e. The van der Waals surface area contributed by atoms with Crippen molar-refractivity contribution < 1.29 is 27.5 Å². The number of rotatable bonds is 3. The summed E-state index contributed by atoms with van der Waals surface area (Å²) in [6.07, 6.45) is -4.43. The summed E-state index contributed by atoms with van der Waals surface area (Å²) in [5.74, 6) is -0.892. The lowest BCUT2D eigenvalue weighted by molar-refractivity contribution is -0.137. The molecular weight excluding hydrogens is 309 g/mol. The van der Waals surface area contributed by atoms with Gasteiger partial charge < -0.3 is 4.74 Å². The third kappa shape index (κ3) is 3.59. The predicted molar refractivity (Wildman–Crippen MR) is 78.2 cm³/mol. The van der Waals surface area contributed by atoms with Gasteiger partial charge >= 0.3 is 12.1 Å². The van der Waals surface area contributed by atoms with Gasteiger partial charge in [-0.2, -0.15) is 13.2 Å². The predicted octanol–water partition coefficient (Wildman–Crippen LogP) is 4.36. The van der Waals surface area contributed by atoms with Gasteiger partial charge in [-0.15, -0.1) is 0 Å². The topological polar surface area (TPSA) is 43.4 Å². The summed E-state index contributed by atoms with van der Waals surface area (Å²) < 4.78 is 42.5. The number of Topliss-reactive ketones (excluding diaryl/α,β-unsaturated/α-hetero) is 1. The van der Waals surface area contributed by atoms with Crippen LogP contribution < -0.4 is 0 Å². The first-order chi connectivity index (χ1) is 10.7. The van der Waals surface area contributed by atoms with Gasteiger partial charge in [0.1, 0.15) is 0 Å². The molecular formula is C17H13F3O3. The first-order valence-corrected chi connectivity index (χ1v) is 6.65. The van der Waals surface area contributed by atoms with Crippen molar-refractivity contribution in [2.24, 2.45) is 0 Å². The van der Waals surface area contributed by atoms with Crippen molar-refractivity contribution >= 4 is 11.8 Å². The highest BCUT2D eigenvalue weighted by Gasteiger charge is 2.30. The van der Waals surface area contributed by atoms with Gasteiger partial charge in [0.05, 0.1) is 18.2 Å². The Labute approximate surface area is 130 Å². The minimum absolute atomic E-state index is 0.125. The van der Waals surface area contributed by atoms with E-state index in [-0.39, 0.29) is 11.3 Å². The van der Waals surface area contributed by atoms with Gasteiger partial charge in [-0.1, -0.05) is 24.3 Å². The number of esters is 1. The van der Waals surface area contributed by atoms with Crippen LogP contribution in [0, 0.1) is 0 Å². The van der Waals surface area contributed by atoms with Crippen LogP contribution in [-0.2, 0) is 10.9 Å². The molecule has 2 rings (SSSR count). The molecule has 0 aliphatic heterocycles. The molecule has 120 valence electrons. The smallest absolute Gasteiger partial charge is 0.416 e. The normalized spacial score (nSPS) is 11.2. The highest BCUT2D eigenvalue weighted by molar-refractivity contribution is 6.02. The van der Waals surface area contributed by atoms with Crippen LogP contribution in [-0.4, -0.2) is 18.9 Å². The second-order valence-electron chi connectivity index (χ2n) is 4.88. The number of hydrogen-bond acceptors (Lipinski definition) is 3. The van der Waals surface area contributed by atoms with Crippen LogP contribution >= 0.6 is 0 Å². The van der Waals surface area contributed by atoms with Gasteiger partial charge in [-0.05, 0) is 36.2 Å². The first-order valence-electron chi connectivity index (χ1n) is 6.65. The molecule has 0 aromatic heterocycles. The van der Waals surface area contributed by atoms with Crippen molar-refractivity contribution in [3.63, 3.8) is 0 Å². The zero-order valence-corrected chi connectivity index (χ0v) is 12.4. The van der Waals surface area contributed by atoms with Gasteiger partial charge in [0.25, 0.3) is 0 Å². The molecule has 0 radical (unpaired) electrons. The lowest BCUT2D eigenvalue weighted by Crippen LogP contribution is -2.07. The van der Waals surface area contributed by atoms with Crippen molar-refractivity contribution in [3.8, 4) is 11.1 Å². The summed E-state index contributed by atoms with van der Waals surface area (Å²) in [7, 11) is 1.19. The summed E-state index contributed by atoms with van der Waals surface area (Å²) >= 11 is 0. The van der Waals surface area contributed by atoms with Gasteiger partial charge in [-0.3, -0.25) is 4.79 Å². The standard InChI is InChI=1S/C17H13F3O3/c1-10(21)12-5-8-14(15(9-12)16(22)23-2)11-3-6-13(7-4-11)17(18,19)20/h3-9H,1-2H3. The fourth-order valence-corrected chi connectivity index (χ4v) is 2.13. The van der Waals surface area contributed by atoms with Crippen molar-refractivity contribution in [1.29, 1.82) is 0 Å². The Morgan fingerprint density at radius 3 is 2.09 bits per heavy atom. The van der Waals surface area contributed by atoms with Crippen LogP contribution in [0.3, 0.4) is 0 Å². The molecule has 0 spiro atoms. The highest BCUT2D eigenvalue weighted by Crippen LogP contribution is 2.32. The number of ketones is 1. The number of carbonyl (C=O) groups is 2. The van der Waals surface area contributed by atoms with Crippen molar-refractivity contribution in [2.75, 3.05) is 7.11 Å². The monoisotopic (exact) mass is 322 g/mol. The molecule has 0 unspecified atom stereocenters. The van der Waals surface area contributed by atoms with Crippen LogP contribution in [0.1, 0.15) is 33.2 Å². The summed E-state index contributed by atoms with van der Waals surface area (Å²) in [5, 5.41) is 0. The Morgan fingerprint density at radius 1 is 1.00 bits per heavy atom. The number of methoxy groups -OCH3 is 1. The molecule has 0 saturated heterocycles. The number of hydrogen-bond donors (Lipinski definition) is 0. The summed E-state index contributed by atoms with van der Waals surface area (Å²) in [6, 6.07) is 8.84. The van der Waals surface area contributed by atoms with Crippen molar-refractivity contribution in [1.82, 2.24) is 0 Å². The molecule has 0 aliphatic carbocycles. The molecule has 2 aromatic rings. The van der Waals surface area contributed by atoms with Gasteiger partial charge in [-0.25, -0.2) is 4.79 Å². The Bertz CT molecular complexity index is 747. The molecule has 0 bridgehead atoms. The van der Waals surface area contributed by atoms with E-state index in [1.165, 1.54) is 44.4 Å². The number of halogens is 3. The van der Waals surface area contributed by atoms with Crippen LogP contribution in [0.4, 0.5) is 13.2 Å². The van der Waals surface area contributed by atoms with Crippen LogP contribution in [0.5, 0.6) is 0 Å². The van der Waals surface area contributed by atoms with Crippen molar-refractivity contribution in [2.45, 2.75) is 13.1 Å². The third-order valence-corrected chi connectivity index (χ3v) is 3.35. The Morgan fingerprint density at radius 2 is 1.61 bits per heavy atom. The van der Waals surface area contributed by atoms with Gasteiger partial charge in [0.15, 0.2) is 5.78 Å². The van der Waals surface area contributed by atoms with E-state index >= 15 is 0 Å². The number of carbonyl (C=O) groups excluding carboxylic acids is 2. The zero-order chi connectivity index (χ0) is 17.2. The molecule has 0 aliphatic rings. The second-order valence-corrected chi connectivity index (χ2v) is 4.88. The molecule has 0 N–H and O–H groups in total. The first kappa shape index (κ1) is 16.7. The van der Waals surface area contributed by atoms with E-state index in [9.17, 15) is 22.8 Å². The van der Waals surface area contributed by atoms with E-state index in [1.54, 1.807) is 0 Å². The minimum atomic E-state index is -4.43. The van der Waals surface area contributed by atoms with E-state index in [0.29, 0.717) is 16.7 Å². The van der Waals surface area contributed by atoms with E-state index in [4.69, 9.17) is 0 Å². The highest BCUT2D eigenvalue weighted by atomic mass is 19.4. The SMILES string of the molecule is COC(=O)c1cc(C(C)=O)ccc1-c1ccc(C(F)(F)F)cc1. The number of benzene rings is 2. The quantitative estimate of drug-likeness (QED) is 0.623. The lowest BCUT2D eigenvalue weighted by Gasteiger charge is -2.11. The fraction of sp³-hybridized carbons (Fsp3) is 0.176. The molecule has 0 fully saturated rings. The molecule has 23 heavy (non-hydrogen) atoms. The maximum absolute atomic E-state index is 12.6. The van der Waals surface area contributed by atoms with Crippen molar-refractivity contribution in [3.05, 3.63) is 59.2 Å². The van der Waals surface area contributed by atoms with E-state index in [1.807, 2.05) is 0 Å². The molecule has 0 saturated carbocycles. The average Bonchev–Trinajstić information content (AvgIpc) is 2.52. The molecule has 6 heteroatoms. The lowest BCUT2D eigenvalue weighted by atomic mass is 9.95. The van der Waals surface area contributed by atoms with Crippen LogP contribution in [0.2, 0.25) is 0 Å². The molecule has 2 aromatic carbocycles. The van der Waals surface area contributed by atoms with E-state index in [0.717, 1.165) is 12.1 Å². The summed E-state index contributed by atoms with van der Waals surface area (Å²) in [4.78, 5) is 23.3. The number of alkyl halides is 3. The van der Waals surface area contributed by atoms with Crippen LogP contribution in [0.25, 0.3) is 11.1 Å². The third-order valence-electron chi connectivity index (χ3n) is 3.35. The summed E-state index contributed by atoms with van der Waals surface area (Å²) in [5.41, 5.74) is 0.492. The fourth-order valence-electron chi connectivity index (χ4n) is 2.13. The van der Waals surface area contributed by atoms with Crippen LogP contribution in [0.15, 0.2) is 42.5 Å². The molecule has 3 nitrogen and oxygen atoms in total. The van der Waals surface area contributed by atoms with E-state index in [2.05, 4.69) is 4.74 Å².